The number of rotatable bonds is 3. The Morgan fingerprint density at radius 3 is 2.88 bits per heavy atom. The fourth-order valence-electron chi connectivity index (χ4n) is 1.50. The van der Waals surface area contributed by atoms with Gasteiger partial charge in [0.05, 0.1) is 10.5 Å². The third-order valence-electron chi connectivity index (χ3n) is 2.31. The van der Waals surface area contributed by atoms with Crippen molar-refractivity contribution < 1.29 is 4.39 Å². The number of fused-ring (bicyclic) bond motifs is 1. The predicted octanol–water partition coefficient (Wildman–Crippen LogP) is 3.85. The number of nitrogens with zero attached hydrogens (tertiary/aromatic N) is 1. The van der Waals surface area contributed by atoms with E-state index in [0.29, 0.717) is 15.9 Å². The summed E-state index contributed by atoms with van der Waals surface area (Å²) in [6.07, 6.45) is 1.01. The lowest BCUT2D eigenvalue weighted by Crippen LogP contribution is -2.01. The highest BCUT2D eigenvalue weighted by Crippen LogP contribution is 2.25. The summed E-state index contributed by atoms with van der Waals surface area (Å²) in [7, 11) is 0. The molecule has 1 N–H and O–H groups in total. The molecule has 2 rings (SSSR count). The molecule has 1 aromatic carbocycles. The molecule has 0 saturated carbocycles. The lowest BCUT2D eigenvalue weighted by molar-refractivity contribution is 0.639. The molecule has 0 fully saturated rings. The minimum Gasteiger partial charge on any atom is -0.370 e. The fraction of sp³-hybridized carbons (Fsp3) is 0.250. The van der Waals surface area contributed by atoms with Crippen molar-refractivity contribution in [3.63, 3.8) is 0 Å². The molecular formula is C12H12ClFN2. The predicted molar refractivity (Wildman–Crippen MR) is 65.5 cm³/mol. The van der Waals surface area contributed by atoms with Crippen molar-refractivity contribution in [2.75, 3.05) is 11.9 Å². The molecular weight excluding hydrogens is 227 g/mol. The summed E-state index contributed by atoms with van der Waals surface area (Å²) in [4.78, 5) is 4.29. The number of anilines is 1. The molecule has 0 bridgehead atoms. The Morgan fingerprint density at radius 1 is 1.31 bits per heavy atom. The van der Waals surface area contributed by atoms with Gasteiger partial charge in [0.1, 0.15) is 11.6 Å². The molecule has 0 amide bonds. The first kappa shape index (κ1) is 11.1. The number of hydrogen-bond donors (Lipinski definition) is 1. The van der Waals surface area contributed by atoms with Gasteiger partial charge in [-0.05, 0) is 30.7 Å². The largest absolute Gasteiger partial charge is 0.370 e. The van der Waals surface area contributed by atoms with Gasteiger partial charge in [-0.1, -0.05) is 18.5 Å². The average Bonchev–Trinajstić information content (AvgIpc) is 2.31. The summed E-state index contributed by atoms with van der Waals surface area (Å²) in [6, 6.07) is 6.33. The van der Waals surface area contributed by atoms with E-state index < -0.39 is 0 Å². The summed E-state index contributed by atoms with van der Waals surface area (Å²) >= 11 is 5.98. The van der Waals surface area contributed by atoms with Gasteiger partial charge in [-0.15, -0.1) is 0 Å². The molecule has 0 unspecified atom stereocenters. The standard InChI is InChI=1S/C12H12ClFN2/c1-2-7-15-11-6-3-8-10(14)5-4-9(13)12(8)16-11/h3-6H,2,7H2,1H3,(H,15,16). The van der Waals surface area contributed by atoms with E-state index in [1.807, 2.05) is 0 Å². The van der Waals surface area contributed by atoms with Crippen molar-refractivity contribution in [3.8, 4) is 0 Å². The van der Waals surface area contributed by atoms with Crippen LogP contribution in [0, 0.1) is 5.82 Å². The molecule has 1 heterocycles. The normalized spacial score (nSPS) is 10.7. The zero-order valence-electron chi connectivity index (χ0n) is 8.93. The van der Waals surface area contributed by atoms with E-state index in [2.05, 4.69) is 17.2 Å². The van der Waals surface area contributed by atoms with E-state index in [9.17, 15) is 4.39 Å². The summed E-state index contributed by atoms with van der Waals surface area (Å²) in [5.41, 5.74) is 0.503. The van der Waals surface area contributed by atoms with Gasteiger partial charge in [-0.3, -0.25) is 0 Å². The third-order valence-corrected chi connectivity index (χ3v) is 2.62. The van der Waals surface area contributed by atoms with Crippen LogP contribution in [0.15, 0.2) is 24.3 Å². The maximum absolute atomic E-state index is 13.4. The second kappa shape index (κ2) is 4.66. The second-order valence-electron chi connectivity index (χ2n) is 3.55. The van der Waals surface area contributed by atoms with Crippen LogP contribution in [0.5, 0.6) is 0 Å². The number of halogens is 2. The molecule has 84 valence electrons. The van der Waals surface area contributed by atoms with Gasteiger partial charge in [0.2, 0.25) is 0 Å². The molecule has 0 saturated heterocycles. The topological polar surface area (TPSA) is 24.9 Å². The molecule has 16 heavy (non-hydrogen) atoms. The fourth-order valence-corrected chi connectivity index (χ4v) is 1.71. The number of aromatic nitrogens is 1. The van der Waals surface area contributed by atoms with Crippen LogP contribution in [-0.4, -0.2) is 11.5 Å². The quantitative estimate of drug-likeness (QED) is 0.879. The summed E-state index contributed by atoms with van der Waals surface area (Å²) in [5, 5.41) is 4.06. The first-order valence-electron chi connectivity index (χ1n) is 5.21. The maximum atomic E-state index is 13.4. The Labute approximate surface area is 98.4 Å². The molecule has 0 aliphatic carbocycles. The highest BCUT2D eigenvalue weighted by molar-refractivity contribution is 6.35. The Bertz CT molecular complexity index is 514. The molecule has 0 atom stereocenters. The average molecular weight is 239 g/mol. The van der Waals surface area contributed by atoms with E-state index in [4.69, 9.17) is 11.6 Å². The van der Waals surface area contributed by atoms with E-state index >= 15 is 0 Å². The summed E-state index contributed by atoms with van der Waals surface area (Å²) < 4.78 is 13.4. The van der Waals surface area contributed by atoms with Crippen LogP contribution in [0.1, 0.15) is 13.3 Å². The maximum Gasteiger partial charge on any atom is 0.132 e. The van der Waals surface area contributed by atoms with Crippen molar-refractivity contribution in [2.24, 2.45) is 0 Å². The van der Waals surface area contributed by atoms with Gasteiger partial charge in [-0.2, -0.15) is 0 Å². The smallest absolute Gasteiger partial charge is 0.132 e. The van der Waals surface area contributed by atoms with E-state index in [1.165, 1.54) is 12.1 Å². The van der Waals surface area contributed by atoms with E-state index in [-0.39, 0.29) is 5.82 Å². The van der Waals surface area contributed by atoms with E-state index in [1.54, 1.807) is 12.1 Å². The number of hydrogen-bond acceptors (Lipinski definition) is 2. The molecule has 2 aromatic rings. The van der Waals surface area contributed by atoms with Crippen LogP contribution in [-0.2, 0) is 0 Å². The van der Waals surface area contributed by atoms with Gasteiger partial charge < -0.3 is 5.32 Å². The lowest BCUT2D eigenvalue weighted by Gasteiger charge is -2.06. The van der Waals surface area contributed by atoms with Crippen LogP contribution in [0.25, 0.3) is 10.9 Å². The number of benzene rings is 1. The lowest BCUT2D eigenvalue weighted by atomic mass is 10.2. The van der Waals surface area contributed by atoms with Crippen LogP contribution >= 0.6 is 11.6 Å². The first-order chi connectivity index (χ1) is 7.72. The highest BCUT2D eigenvalue weighted by Gasteiger charge is 2.06. The van der Waals surface area contributed by atoms with Crippen molar-refractivity contribution in [3.05, 3.63) is 35.1 Å². The zero-order valence-corrected chi connectivity index (χ0v) is 9.68. The minimum atomic E-state index is -0.297. The Hall–Kier alpha value is -1.35. The van der Waals surface area contributed by atoms with Crippen molar-refractivity contribution >= 4 is 28.3 Å². The van der Waals surface area contributed by atoms with Gasteiger partial charge in [0.25, 0.3) is 0 Å². The molecule has 0 aliphatic rings. The Kier molecular flexibility index (Phi) is 3.25. The molecule has 1 aromatic heterocycles. The van der Waals surface area contributed by atoms with Gasteiger partial charge >= 0.3 is 0 Å². The molecule has 0 radical (unpaired) electrons. The van der Waals surface area contributed by atoms with Gasteiger partial charge in [0.15, 0.2) is 0 Å². The van der Waals surface area contributed by atoms with Crippen LogP contribution < -0.4 is 5.32 Å². The summed E-state index contributed by atoms with van der Waals surface area (Å²) in [6.45, 7) is 2.91. The Balaban J connectivity index is 2.48. The van der Waals surface area contributed by atoms with Gasteiger partial charge in [0, 0.05) is 11.9 Å². The summed E-state index contributed by atoms with van der Waals surface area (Å²) in [5.74, 6) is 0.427. The molecule has 0 aliphatic heterocycles. The second-order valence-corrected chi connectivity index (χ2v) is 3.96. The van der Waals surface area contributed by atoms with Crippen LogP contribution in [0.2, 0.25) is 5.02 Å². The molecule has 0 spiro atoms. The SMILES string of the molecule is CCCNc1ccc2c(F)ccc(Cl)c2n1. The zero-order chi connectivity index (χ0) is 11.5. The van der Waals surface area contributed by atoms with Crippen molar-refractivity contribution in [1.82, 2.24) is 4.98 Å². The van der Waals surface area contributed by atoms with Crippen LogP contribution in [0.4, 0.5) is 10.2 Å². The molecule has 2 nitrogen and oxygen atoms in total. The number of nitrogens with one attached hydrogen (secondary N) is 1. The van der Waals surface area contributed by atoms with Crippen LogP contribution in [0.3, 0.4) is 0 Å². The van der Waals surface area contributed by atoms with Crippen molar-refractivity contribution in [1.29, 1.82) is 0 Å². The third kappa shape index (κ3) is 2.09. The highest BCUT2D eigenvalue weighted by atomic mass is 35.5. The van der Waals surface area contributed by atoms with Crippen molar-refractivity contribution in [2.45, 2.75) is 13.3 Å². The Morgan fingerprint density at radius 2 is 2.12 bits per heavy atom. The van der Waals surface area contributed by atoms with Gasteiger partial charge in [-0.25, -0.2) is 9.37 Å². The monoisotopic (exact) mass is 238 g/mol. The number of pyridine rings is 1. The minimum absolute atomic E-state index is 0.297. The first-order valence-corrected chi connectivity index (χ1v) is 5.59. The molecule has 4 heteroatoms. The van der Waals surface area contributed by atoms with E-state index in [0.717, 1.165) is 18.8 Å².